The van der Waals surface area contributed by atoms with Crippen molar-refractivity contribution < 1.29 is 4.74 Å². The lowest BCUT2D eigenvalue weighted by Gasteiger charge is -2.62. The van der Waals surface area contributed by atoms with Gasteiger partial charge in [0.25, 0.3) is 0 Å². The molecule has 5 heteroatoms. The molecule has 0 bridgehead atoms. The molecule has 2 saturated heterocycles. The molecule has 0 saturated carbocycles. The van der Waals surface area contributed by atoms with E-state index in [2.05, 4.69) is 72.1 Å². The Morgan fingerprint density at radius 1 is 1.12 bits per heavy atom. The Morgan fingerprint density at radius 3 is 2.28 bits per heavy atom. The summed E-state index contributed by atoms with van der Waals surface area (Å²) in [7, 11) is 1.87. The second-order valence-corrected chi connectivity index (χ2v) is 8.20. The van der Waals surface area contributed by atoms with Crippen LogP contribution in [0.4, 0.5) is 5.69 Å². The lowest BCUT2D eigenvalue weighted by molar-refractivity contribution is -0.0667. The molecule has 138 valence electrons. The monoisotopic (exact) mass is 344 g/mol. The smallest absolute Gasteiger partial charge is 0.194 e. The van der Waals surface area contributed by atoms with Gasteiger partial charge in [0, 0.05) is 49.9 Å². The summed E-state index contributed by atoms with van der Waals surface area (Å²) in [5.41, 5.74) is 2.98. The summed E-state index contributed by atoms with van der Waals surface area (Å²) in [4.78, 5) is 9.24. The zero-order valence-electron chi connectivity index (χ0n) is 16.3. The van der Waals surface area contributed by atoms with Crippen LogP contribution in [0.5, 0.6) is 0 Å². The lowest BCUT2D eigenvalue weighted by atomic mass is 9.65. The normalized spacial score (nSPS) is 22.5. The molecule has 0 radical (unpaired) electrons. The second-order valence-electron chi connectivity index (χ2n) is 8.20. The zero-order valence-corrected chi connectivity index (χ0v) is 16.3. The predicted octanol–water partition coefficient (Wildman–Crippen LogP) is 2.72. The molecule has 2 fully saturated rings. The Hall–Kier alpha value is -1.75. The van der Waals surface area contributed by atoms with E-state index >= 15 is 0 Å². The minimum Gasteiger partial charge on any atom is -0.378 e. The molecule has 25 heavy (non-hydrogen) atoms. The van der Waals surface area contributed by atoms with Gasteiger partial charge >= 0.3 is 0 Å². The number of guanidine groups is 1. The third kappa shape index (κ3) is 3.47. The highest BCUT2D eigenvalue weighted by Gasteiger charge is 2.53. The summed E-state index contributed by atoms with van der Waals surface area (Å²) in [6, 6.07) is 8.83. The third-order valence-electron chi connectivity index (χ3n) is 6.12. The van der Waals surface area contributed by atoms with Crippen molar-refractivity contribution in [1.82, 2.24) is 10.2 Å². The van der Waals surface area contributed by atoms with Gasteiger partial charge in [0.05, 0.1) is 13.2 Å². The average Bonchev–Trinajstić information content (AvgIpc) is 2.62. The van der Waals surface area contributed by atoms with Gasteiger partial charge in [0.2, 0.25) is 0 Å². The number of hydrogen-bond donors (Lipinski definition) is 1. The fraction of sp³-hybridized carbons (Fsp3) is 0.650. The molecule has 3 rings (SSSR count). The number of nitrogens with one attached hydrogen (secondary N) is 1. The van der Waals surface area contributed by atoms with E-state index in [9.17, 15) is 0 Å². The van der Waals surface area contributed by atoms with Crippen LogP contribution in [0.25, 0.3) is 0 Å². The van der Waals surface area contributed by atoms with Gasteiger partial charge in [-0.2, -0.15) is 0 Å². The van der Waals surface area contributed by atoms with Crippen molar-refractivity contribution in [3.8, 4) is 0 Å². The molecule has 0 aliphatic carbocycles. The topological polar surface area (TPSA) is 40.1 Å². The molecule has 1 aromatic carbocycles. The minimum atomic E-state index is 0.120. The molecule has 2 heterocycles. The first-order valence-corrected chi connectivity index (χ1v) is 9.25. The molecule has 0 atom stereocenters. The standard InChI is InChI=1S/C20H32N4O/c1-19(2)15-24(20(19,3)4)18(21-5)22-14-16-6-8-17(9-7-16)23-10-12-25-13-11-23/h6-9H,10-15H2,1-5H3,(H,21,22). The van der Waals surface area contributed by atoms with Crippen LogP contribution in [0, 0.1) is 5.41 Å². The van der Waals surface area contributed by atoms with E-state index in [1.54, 1.807) is 0 Å². The SMILES string of the molecule is CN=C(NCc1ccc(N2CCOCC2)cc1)N1CC(C)(C)C1(C)C. The highest BCUT2D eigenvalue weighted by Crippen LogP contribution is 2.46. The number of morpholine rings is 1. The van der Waals surface area contributed by atoms with Crippen LogP contribution in [0.15, 0.2) is 29.3 Å². The van der Waals surface area contributed by atoms with Crippen molar-refractivity contribution in [1.29, 1.82) is 0 Å². The Labute approximate surface area is 152 Å². The maximum absolute atomic E-state index is 5.42. The second kappa shape index (κ2) is 6.87. The van der Waals surface area contributed by atoms with E-state index in [0.29, 0.717) is 5.41 Å². The van der Waals surface area contributed by atoms with Crippen LogP contribution >= 0.6 is 0 Å². The quantitative estimate of drug-likeness (QED) is 0.676. The summed E-state index contributed by atoms with van der Waals surface area (Å²) in [6.07, 6.45) is 0. The van der Waals surface area contributed by atoms with Crippen molar-refractivity contribution in [3.63, 3.8) is 0 Å². The van der Waals surface area contributed by atoms with Crippen LogP contribution in [-0.2, 0) is 11.3 Å². The largest absolute Gasteiger partial charge is 0.378 e. The van der Waals surface area contributed by atoms with Crippen LogP contribution in [-0.4, -0.2) is 56.3 Å². The molecular formula is C20H32N4O. The minimum absolute atomic E-state index is 0.120. The first kappa shape index (κ1) is 18.1. The number of aliphatic imine (C=N–C) groups is 1. The number of likely N-dealkylation sites (tertiary alicyclic amines) is 1. The van der Waals surface area contributed by atoms with Gasteiger partial charge in [-0.1, -0.05) is 26.0 Å². The maximum Gasteiger partial charge on any atom is 0.194 e. The Kier molecular flexibility index (Phi) is 4.96. The van der Waals surface area contributed by atoms with Crippen molar-refractivity contribution in [2.45, 2.75) is 39.8 Å². The van der Waals surface area contributed by atoms with Gasteiger partial charge in [0.15, 0.2) is 5.96 Å². The molecule has 5 nitrogen and oxygen atoms in total. The molecule has 0 spiro atoms. The van der Waals surface area contributed by atoms with E-state index in [4.69, 9.17) is 4.74 Å². The first-order valence-electron chi connectivity index (χ1n) is 9.25. The maximum atomic E-state index is 5.42. The van der Waals surface area contributed by atoms with Gasteiger partial charge in [-0.25, -0.2) is 0 Å². The fourth-order valence-corrected chi connectivity index (χ4v) is 3.52. The number of hydrogen-bond acceptors (Lipinski definition) is 3. The summed E-state index contributed by atoms with van der Waals surface area (Å²) in [6.45, 7) is 14.7. The Morgan fingerprint density at radius 2 is 1.76 bits per heavy atom. The van der Waals surface area contributed by atoms with Crippen molar-refractivity contribution >= 4 is 11.6 Å². The lowest BCUT2D eigenvalue weighted by Crippen LogP contribution is -2.72. The van der Waals surface area contributed by atoms with Crippen LogP contribution in [0.2, 0.25) is 0 Å². The van der Waals surface area contributed by atoms with Crippen molar-refractivity contribution in [2.75, 3.05) is 44.8 Å². The van der Waals surface area contributed by atoms with Crippen LogP contribution in [0.3, 0.4) is 0 Å². The Bertz CT molecular complexity index is 615. The van der Waals surface area contributed by atoms with Gasteiger partial charge < -0.3 is 19.9 Å². The molecule has 2 aliphatic heterocycles. The summed E-state index contributed by atoms with van der Waals surface area (Å²) >= 11 is 0. The van der Waals surface area contributed by atoms with E-state index in [1.807, 2.05) is 7.05 Å². The van der Waals surface area contributed by atoms with E-state index in [1.165, 1.54) is 11.3 Å². The third-order valence-corrected chi connectivity index (χ3v) is 6.12. The van der Waals surface area contributed by atoms with Crippen LogP contribution < -0.4 is 10.2 Å². The van der Waals surface area contributed by atoms with Crippen molar-refractivity contribution in [2.24, 2.45) is 10.4 Å². The molecule has 2 aliphatic rings. The molecule has 1 N–H and O–H groups in total. The molecule has 0 amide bonds. The first-order chi connectivity index (χ1) is 11.8. The Balaban J connectivity index is 1.57. The van der Waals surface area contributed by atoms with E-state index in [0.717, 1.165) is 45.4 Å². The van der Waals surface area contributed by atoms with Gasteiger partial charge in [-0.3, -0.25) is 4.99 Å². The highest BCUT2D eigenvalue weighted by molar-refractivity contribution is 5.82. The molecule has 0 aromatic heterocycles. The van der Waals surface area contributed by atoms with Gasteiger partial charge in [-0.05, 0) is 31.5 Å². The summed E-state index contributed by atoms with van der Waals surface area (Å²) < 4.78 is 5.42. The predicted molar refractivity (Wildman–Crippen MR) is 104 cm³/mol. The zero-order chi connectivity index (χ0) is 18.1. The average molecular weight is 345 g/mol. The molecule has 0 unspecified atom stereocenters. The molecule has 1 aromatic rings. The van der Waals surface area contributed by atoms with Gasteiger partial charge in [-0.15, -0.1) is 0 Å². The number of ether oxygens (including phenoxy) is 1. The highest BCUT2D eigenvalue weighted by atomic mass is 16.5. The van der Waals surface area contributed by atoms with Gasteiger partial charge in [0.1, 0.15) is 0 Å². The van der Waals surface area contributed by atoms with E-state index < -0.39 is 0 Å². The number of benzene rings is 1. The number of anilines is 1. The van der Waals surface area contributed by atoms with Crippen LogP contribution in [0.1, 0.15) is 33.3 Å². The summed E-state index contributed by atoms with van der Waals surface area (Å²) in [5, 5.41) is 3.52. The van der Waals surface area contributed by atoms with Crippen molar-refractivity contribution in [3.05, 3.63) is 29.8 Å². The molecular weight excluding hydrogens is 312 g/mol. The fourth-order valence-electron chi connectivity index (χ4n) is 3.52. The van der Waals surface area contributed by atoms with E-state index in [-0.39, 0.29) is 5.54 Å². The number of rotatable bonds is 3. The number of nitrogens with zero attached hydrogens (tertiary/aromatic N) is 3. The summed E-state index contributed by atoms with van der Waals surface area (Å²) in [5.74, 6) is 0.988.